The first-order valence-electron chi connectivity index (χ1n) is 6.98. The van der Waals surface area contributed by atoms with Gasteiger partial charge >= 0.3 is 5.97 Å². The molecule has 0 fully saturated rings. The number of carbonyl (C=O) groups is 2. The predicted octanol–water partition coefficient (Wildman–Crippen LogP) is 2.89. The molecule has 1 aliphatic heterocycles. The van der Waals surface area contributed by atoms with E-state index in [-0.39, 0.29) is 25.5 Å². The summed E-state index contributed by atoms with van der Waals surface area (Å²) >= 11 is 6.12. The minimum Gasteiger partial charge on any atom is -0.465 e. The second-order valence-corrected chi connectivity index (χ2v) is 5.22. The van der Waals surface area contributed by atoms with Crippen molar-refractivity contribution in [3.8, 4) is 0 Å². The third kappa shape index (κ3) is 3.95. The molecule has 0 atom stereocenters. The molecule has 1 aliphatic rings. The predicted molar refractivity (Wildman–Crippen MR) is 85.5 cm³/mol. The summed E-state index contributed by atoms with van der Waals surface area (Å²) < 4.78 is 4.83. The number of esters is 1. The van der Waals surface area contributed by atoms with Crippen LogP contribution >= 0.6 is 11.6 Å². The number of rotatable bonds is 4. The Morgan fingerprint density at radius 2 is 2.18 bits per heavy atom. The normalized spacial score (nSPS) is 16.7. The quantitative estimate of drug-likeness (QED) is 0.801. The van der Waals surface area contributed by atoms with Crippen LogP contribution < -0.4 is 0 Å². The van der Waals surface area contributed by atoms with E-state index in [1.807, 2.05) is 24.3 Å². The third-order valence-corrected chi connectivity index (χ3v) is 3.53. The van der Waals surface area contributed by atoms with Crippen molar-refractivity contribution < 1.29 is 14.3 Å². The smallest absolute Gasteiger partial charge is 0.327 e. The number of halogens is 1. The average Bonchev–Trinajstić information content (AvgIpc) is 2.47. The van der Waals surface area contributed by atoms with Crippen molar-refractivity contribution in [3.63, 3.8) is 0 Å². The lowest BCUT2D eigenvalue weighted by molar-refractivity contribution is -0.148. The molecule has 116 valence electrons. The van der Waals surface area contributed by atoms with Crippen LogP contribution in [0.2, 0.25) is 5.02 Å². The van der Waals surface area contributed by atoms with Crippen LogP contribution in [0.5, 0.6) is 0 Å². The number of ether oxygens (including phenoxy) is 1. The number of hydrogen-bond donors (Lipinski definition) is 0. The van der Waals surface area contributed by atoms with Crippen LogP contribution in [0.3, 0.4) is 0 Å². The van der Waals surface area contributed by atoms with Crippen LogP contribution in [0.15, 0.2) is 34.9 Å². The van der Waals surface area contributed by atoms with Gasteiger partial charge in [-0.15, -0.1) is 0 Å². The molecule has 6 heteroatoms. The monoisotopic (exact) mass is 320 g/mol. The van der Waals surface area contributed by atoms with Crippen molar-refractivity contribution in [3.05, 3.63) is 40.4 Å². The van der Waals surface area contributed by atoms with Gasteiger partial charge in [-0.3, -0.25) is 9.59 Å². The number of hydrogen-bond acceptors (Lipinski definition) is 4. The van der Waals surface area contributed by atoms with Crippen molar-refractivity contribution in [1.82, 2.24) is 5.01 Å². The molecular weight excluding hydrogens is 304 g/mol. The zero-order valence-electron chi connectivity index (χ0n) is 12.5. The average molecular weight is 321 g/mol. The van der Waals surface area contributed by atoms with E-state index in [1.54, 1.807) is 19.9 Å². The van der Waals surface area contributed by atoms with Crippen molar-refractivity contribution >= 4 is 35.3 Å². The lowest BCUT2D eigenvalue weighted by Crippen LogP contribution is -2.36. The van der Waals surface area contributed by atoms with Gasteiger partial charge in [0.15, 0.2) is 0 Å². The van der Waals surface area contributed by atoms with Crippen molar-refractivity contribution in [2.45, 2.75) is 20.3 Å². The zero-order valence-corrected chi connectivity index (χ0v) is 13.3. The highest BCUT2D eigenvalue weighted by molar-refractivity contribution is 6.32. The fourth-order valence-corrected chi connectivity index (χ4v) is 2.26. The molecule has 1 aromatic carbocycles. The lowest BCUT2D eigenvalue weighted by atomic mass is 10.0. The largest absolute Gasteiger partial charge is 0.465 e. The zero-order chi connectivity index (χ0) is 16.1. The van der Waals surface area contributed by atoms with Gasteiger partial charge in [0.25, 0.3) is 0 Å². The summed E-state index contributed by atoms with van der Waals surface area (Å²) in [6.07, 6.45) is 2.03. The maximum atomic E-state index is 12.1. The number of carbonyl (C=O) groups excluding carboxylic acids is 2. The second kappa shape index (κ2) is 7.22. The van der Waals surface area contributed by atoms with Crippen molar-refractivity contribution in [1.29, 1.82) is 0 Å². The first-order chi connectivity index (χ1) is 10.5. The van der Waals surface area contributed by atoms with Crippen LogP contribution in [-0.4, -0.2) is 35.7 Å². The summed E-state index contributed by atoms with van der Waals surface area (Å²) in [5.41, 5.74) is 2.31. The summed E-state index contributed by atoms with van der Waals surface area (Å²) in [6, 6.07) is 7.39. The van der Waals surface area contributed by atoms with Crippen LogP contribution in [0.4, 0.5) is 0 Å². The van der Waals surface area contributed by atoms with E-state index >= 15 is 0 Å². The standard InChI is InChI=1S/C16H17ClN2O3/c1-3-22-16(21)10-19-15(20)9-13(11(2)18-19)8-12-6-4-5-7-14(12)17/h4-8H,3,9-10H2,1-2H3/b13-8+. The molecule has 22 heavy (non-hydrogen) atoms. The summed E-state index contributed by atoms with van der Waals surface area (Å²) in [5, 5.41) is 5.95. The maximum Gasteiger partial charge on any atom is 0.327 e. The number of nitrogens with zero attached hydrogens (tertiary/aromatic N) is 2. The molecule has 0 bridgehead atoms. The lowest BCUT2D eigenvalue weighted by Gasteiger charge is -2.23. The minimum absolute atomic E-state index is 0.163. The van der Waals surface area contributed by atoms with Crippen molar-refractivity contribution in [2.24, 2.45) is 5.10 Å². The molecule has 0 saturated carbocycles. The van der Waals surface area contributed by atoms with E-state index in [9.17, 15) is 9.59 Å². The van der Waals surface area contributed by atoms with Gasteiger partial charge in [-0.1, -0.05) is 29.8 Å². The molecule has 0 unspecified atom stereocenters. The topological polar surface area (TPSA) is 59.0 Å². The SMILES string of the molecule is CCOC(=O)CN1N=C(C)/C(=C/c2ccccc2Cl)CC1=O. The molecule has 0 saturated heterocycles. The first kappa shape index (κ1) is 16.2. The van der Waals surface area contributed by atoms with Gasteiger partial charge < -0.3 is 4.74 Å². The molecule has 5 nitrogen and oxygen atoms in total. The Labute approximate surface area is 134 Å². The molecular formula is C16H17ClN2O3. The second-order valence-electron chi connectivity index (χ2n) is 4.81. The molecule has 0 N–H and O–H groups in total. The summed E-state index contributed by atoms with van der Waals surface area (Å²) in [7, 11) is 0. The van der Waals surface area contributed by atoms with Gasteiger partial charge in [-0.25, -0.2) is 5.01 Å². The van der Waals surface area contributed by atoms with E-state index < -0.39 is 5.97 Å². The molecule has 0 aliphatic carbocycles. The van der Waals surface area contributed by atoms with E-state index in [2.05, 4.69) is 5.10 Å². The first-order valence-corrected chi connectivity index (χ1v) is 7.35. The number of amides is 1. The fraction of sp³-hybridized carbons (Fsp3) is 0.312. The van der Waals surface area contributed by atoms with Gasteiger partial charge in [0, 0.05) is 5.02 Å². The van der Waals surface area contributed by atoms with Gasteiger partial charge in [0.2, 0.25) is 5.91 Å². The minimum atomic E-state index is -0.467. The van der Waals surface area contributed by atoms with E-state index in [1.165, 1.54) is 0 Å². The molecule has 1 heterocycles. The van der Waals surface area contributed by atoms with E-state index in [4.69, 9.17) is 16.3 Å². The van der Waals surface area contributed by atoms with Crippen LogP contribution in [0, 0.1) is 0 Å². The molecule has 1 amide bonds. The van der Waals surface area contributed by atoms with Crippen molar-refractivity contribution in [2.75, 3.05) is 13.2 Å². The van der Waals surface area contributed by atoms with Gasteiger partial charge in [-0.2, -0.15) is 5.10 Å². The van der Waals surface area contributed by atoms with Gasteiger partial charge in [0.05, 0.1) is 18.7 Å². The third-order valence-electron chi connectivity index (χ3n) is 3.18. The Kier molecular flexibility index (Phi) is 5.33. The highest BCUT2D eigenvalue weighted by atomic mass is 35.5. The Morgan fingerprint density at radius 3 is 2.86 bits per heavy atom. The van der Waals surface area contributed by atoms with Crippen LogP contribution in [-0.2, 0) is 14.3 Å². The molecule has 2 rings (SSSR count). The summed E-state index contributed by atoms with van der Waals surface area (Å²) in [6.45, 7) is 3.63. The molecule has 0 radical (unpaired) electrons. The Bertz CT molecular complexity index is 653. The van der Waals surface area contributed by atoms with Gasteiger partial charge in [0.1, 0.15) is 6.54 Å². The Morgan fingerprint density at radius 1 is 1.45 bits per heavy atom. The summed E-state index contributed by atoms with van der Waals surface area (Å²) in [4.78, 5) is 23.6. The van der Waals surface area contributed by atoms with Crippen LogP contribution in [0.1, 0.15) is 25.8 Å². The Balaban J connectivity index is 2.20. The molecule has 0 spiro atoms. The number of benzene rings is 1. The highest BCUT2D eigenvalue weighted by Gasteiger charge is 2.24. The van der Waals surface area contributed by atoms with E-state index in [0.29, 0.717) is 10.7 Å². The maximum absolute atomic E-state index is 12.1. The number of hydrazone groups is 1. The molecule has 0 aromatic heterocycles. The van der Waals surface area contributed by atoms with E-state index in [0.717, 1.165) is 16.1 Å². The van der Waals surface area contributed by atoms with Gasteiger partial charge in [-0.05, 0) is 37.1 Å². The van der Waals surface area contributed by atoms with Crippen LogP contribution in [0.25, 0.3) is 6.08 Å². The Hall–Kier alpha value is -2.14. The fourth-order valence-electron chi connectivity index (χ4n) is 2.07. The highest BCUT2D eigenvalue weighted by Crippen LogP contribution is 2.22. The molecule has 1 aromatic rings. The summed E-state index contributed by atoms with van der Waals surface area (Å²) in [5.74, 6) is -0.706.